The van der Waals surface area contributed by atoms with Crippen molar-refractivity contribution in [2.24, 2.45) is 5.41 Å². The van der Waals surface area contributed by atoms with Crippen molar-refractivity contribution in [2.45, 2.75) is 51.5 Å². The third-order valence-electron chi connectivity index (χ3n) is 4.32. The number of para-hydroxylation sites is 1. The van der Waals surface area contributed by atoms with E-state index in [2.05, 4.69) is 10.6 Å². The number of hydrogen-bond acceptors (Lipinski definition) is 5. The molecule has 0 unspecified atom stereocenters. The summed E-state index contributed by atoms with van der Waals surface area (Å²) in [7, 11) is 0. The van der Waals surface area contributed by atoms with E-state index in [1.165, 1.54) is 0 Å². The first kappa shape index (κ1) is 18.7. The zero-order valence-corrected chi connectivity index (χ0v) is 15.4. The van der Waals surface area contributed by atoms with Gasteiger partial charge in [0.05, 0.1) is 19.3 Å². The van der Waals surface area contributed by atoms with Gasteiger partial charge in [-0.1, -0.05) is 39.0 Å². The summed E-state index contributed by atoms with van der Waals surface area (Å²) < 4.78 is 16.9. The van der Waals surface area contributed by atoms with Crippen molar-refractivity contribution in [3.05, 3.63) is 30.3 Å². The van der Waals surface area contributed by atoms with Crippen LogP contribution in [0.2, 0.25) is 0 Å². The summed E-state index contributed by atoms with van der Waals surface area (Å²) in [5, 5.41) is 5.65. The van der Waals surface area contributed by atoms with Crippen LogP contribution in [0.5, 0.6) is 0 Å². The largest absolute Gasteiger partial charge is 0.441 e. The van der Waals surface area contributed by atoms with Crippen LogP contribution in [0.4, 0.5) is 10.5 Å². The molecule has 0 spiro atoms. The molecule has 26 heavy (non-hydrogen) atoms. The molecular weight excluding hydrogens is 336 g/mol. The van der Waals surface area contributed by atoms with E-state index in [4.69, 9.17) is 14.2 Å². The number of carbonyl (C=O) groups is 2. The van der Waals surface area contributed by atoms with Crippen LogP contribution in [0.15, 0.2) is 30.3 Å². The smallest absolute Gasteiger partial charge is 0.412 e. The minimum Gasteiger partial charge on any atom is -0.441 e. The van der Waals surface area contributed by atoms with Gasteiger partial charge in [-0.05, 0) is 17.5 Å². The van der Waals surface area contributed by atoms with Crippen LogP contribution in [0.1, 0.15) is 27.2 Å². The van der Waals surface area contributed by atoms with Crippen LogP contribution >= 0.6 is 0 Å². The lowest BCUT2D eigenvalue weighted by atomic mass is 9.91. The second-order valence-corrected chi connectivity index (χ2v) is 7.94. The number of amides is 2. The molecule has 2 fully saturated rings. The molecule has 2 aliphatic heterocycles. The number of ether oxygens (including phenoxy) is 3. The minimum absolute atomic E-state index is 0.0264. The second kappa shape index (κ2) is 7.63. The summed E-state index contributed by atoms with van der Waals surface area (Å²) in [6.45, 7) is 6.65. The number of benzene rings is 1. The standard InChI is InChI=1S/C19H26N2O5/c1-19(2,3)9-15(22)21-13-10-24-17-14(11-25-16(13)17)26-18(23)20-12-7-5-4-6-8-12/h4-8,13-14,16-17H,9-11H2,1-3H3,(H,20,23)(H,21,22)/t13-,14+,16+,17+/m0/s1. The van der Waals surface area contributed by atoms with E-state index < -0.39 is 12.2 Å². The monoisotopic (exact) mass is 362 g/mol. The highest BCUT2D eigenvalue weighted by atomic mass is 16.6. The SMILES string of the molecule is CC(C)(C)CC(=O)N[C@H]1CO[C@H]2[C@@H]1OC[C@H]2OC(=O)Nc1ccccc1. The highest BCUT2D eigenvalue weighted by Crippen LogP contribution is 2.29. The Morgan fingerprint density at radius 3 is 2.50 bits per heavy atom. The molecule has 0 saturated carbocycles. The van der Waals surface area contributed by atoms with Crippen molar-refractivity contribution < 1.29 is 23.8 Å². The molecule has 2 N–H and O–H groups in total. The van der Waals surface area contributed by atoms with Gasteiger partial charge in [0.1, 0.15) is 12.2 Å². The van der Waals surface area contributed by atoms with E-state index >= 15 is 0 Å². The maximum atomic E-state index is 12.1. The molecule has 2 amide bonds. The highest BCUT2D eigenvalue weighted by Gasteiger charge is 2.50. The number of fused-ring (bicyclic) bond motifs is 1. The maximum Gasteiger partial charge on any atom is 0.412 e. The average molecular weight is 362 g/mol. The van der Waals surface area contributed by atoms with Gasteiger partial charge in [-0.2, -0.15) is 0 Å². The summed E-state index contributed by atoms with van der Waals surface area (Å²) >= 11 is 0. The zero-order chi connectivity index (χ0) is 18.7. The third-order valence-corrected chi connectivity index (χ3v) is 4.32. The van der Waals surface area contributed by atoms with Gasteiger partial charge >= 0.3 is 6.09 Å². The van der Waals surface area contributed by atoms with Crippen LogP contribution in [-0.2, 0) is 19.0 Å². The Bertz CT molecular complexity index is 643. The van der Waals surface area contributed by atoms with Crippen LogP contribution < -0.4 is 10.6 Å². The molecule has 2 heterocycles. The van der Waals surface area contributed by atoms with Crippen molar-refractivity contribution in [3.8, 4) is 0 Å². The molecule has 1 aromatic rings. The van der Waals surface area contributed by atoms with Crippen molar-refractivity contribution in [1.29, 1.82) is 0 Å². The van der Waals surface area contributed by atoms with Crippen molar-refractivity contribution in [3.63, 3.8) is 0 Å². The van der Waals surface area contributed by atoms with Gasteiger partial charge in [-0.3, -0.25) is 10.1 Å². The Balaban J connectivity index is 1.50. The molecule has 0 bridgehead atoms. The fraction of sp³-hybridized carbons (Fsp3) is 0.579. The second-order valence-electron chi connectivity index (χ2n) is 7.94. The van der Waals surface area contributed by atoms with Gasteiger partial charge in [-0.15, -0.1) is 0 Å². The lowest BCUT2D eigenvalue weighted by molar-refractivity contribution is -0.124. The Morgan fingerprint density at radius 2 is 1.81 bits per heavy atom. The summed E-state index contributed by atoms with van der Waals surface area (Å²) in [6, 6.07) is 8.86. The highest BCUT2D eigenvalue weighted by molar-refractivity contribution is 5.84. The van der Waals surface area contributed by atoms with E-state index in [0.717, 1.165) is 0 Å². The molecule has 3 rings (SSSR count). The van der Waals surface area contributed by atoms with Crippen molar-refractivity contribution in [1.82, 2.24) is 5.32 Å². The van der Waals surface area contributed by atoms with Crippen molar-refractivity contribution in [2.75, 3.05) is 18.5 Å². The van der Waals surface area contributed by atoms with E-state index in [1.54, 1.807) is 12.1 Å². The normalized spacial score (nSPS) is 27.7. The molecule has 7 heteroatoms. The maximum absolute atomic E-state index is 12.1. The fourth-order valence-corrected chi connectivity index (χ4v) is 3.23. The third kappa shape index (κ3) is 4.74. The van der Waals surface area contributed by atoms with Gasteiger partial charge in [0.2, 0.25) is 5.91 Å². The predicted molar refractivity (Wildman–Crippen MR) is 95.8 cm³/mol. The lowest BCUT2D eigenvalue weighted by Crippen LogP contribution is -2.45. The molecule has 1 aromatic carbocycles. The molecule has 7 nitrogen and oxygen atoms in total. The van der Waals surface area contributed by atoms with Crippen LogP contribution in [0, 0.1) is 5.41 Å². The van der Waals surface area contributed by atoms with Crippen LogP contribution in [-0.4, -0.2) is 49.6 Å². The molecule has 142 valence electrons. The number of rotatable bonds is 4. The first-order valence-corrected chi connectivity index (χ1v) is 8.87. The predicted octanol–water partition coefficient (Wildman–Crippen LogP) is 2.32. The molecule has 4 atom stereocenters. The van der Waals surface area contributed by atoms with E-state index in [0.29, 0.717) is 18.7 Å². The van der Waals surface area contributed by atoms with Gasteiger partial charge in [0.15, 0.2) is 6.10 Å². The Labute approximate surface area is 153 Å². The molecule has 0 radical (unpaired) electrons. The summed E-state index contributed by atoms with van der Waals surface area (Å²) in [4.78, 5) is 24.2. The molecular formula is C19H26N2O5. The summed E-state index contributed by atoms with van der Waals surface area (Å²) in [6.07, 6.45) is -1.27. The first-order chi connectivity index (χ1) is 12.3. The number of carbonyl (C=O) groups excluding carboxylic acids is 2. The molecule has 0 aromatic heterocycles. The Kier molecular flexibility index (Phi) is 5.48. The molecule has 0 aliphatic carbocycles. The Hall–Kier alpha value is -2.12. The van der Waals surface area contributed by atoms with E-state index in [9.17, 15) is 9.59 Å². The minimum atomic E-state index is -0.547. The topological polar surface area (TPSA) is 85.9 Å². The number of nitrogens with one attached hydrogen (secondary N) is 2. The van der Waals surface area contributed by atoms with Crippen LogP contribution in [0.3, 0.4) is 0 Å². The lowest BCUT2D eigenvalue weighted by Gasteiger charge is -2.21. The zero-order valence-electron chi connectivity index (χ0n) is 15.4. The van der Waals surface area contributed by atoms with Gasteiger partial charge in [0.25, 0.3) is 0 Å². The van der Waals surface area contributed by atoms with Gasteiger partial charge in [-0.25, -0.2) is 4.79 Å². The quantitative estimate of drug-likeness (QED) is 0.859. The van der Waals surface area contributed by atoms with Crippen LogP contribution in [0.25, 0.3) is 0 Å². The summed E-state index contributed by atoms with van der Waals surface area (Å²) in [5.74, 6) is -0.0264. The van der Waals surface area contributed by atoms with E-state index in [-0.39, 0.29) is 36.2 Å². The fourth-order valence-electron chi connectivity index (χ4n) is 3.23. The Morgan fingerprint density at radius 1 is 1.12 bits per heavy atom. The summed E-state index contributed by atoms with van der Waals surface area (Å²) in [5.41, 5.74) is 0.577. The number of anilines is 1. The van der Waals surface area contributed by atoms with Crippen molar-refractivity contribution >= 4 is 17.7 Å². The van der Waals surface area contributed by atoms with Gasteiger partial charge in [0, 0.05) is 12.1 Å². The van der Waals surface area contributed by atoms with E-state index in [1.807, 2.05) is 39.0 Å². The molecule has 2 aliphatic rings. The average Bonchev–Trinajstić information content (AvgIpc) is 3.10. The molecule has 2 saturated heterocycles. The first-order valence-electron chi connectivity index (χ1n) is 8.87. The van der Waals surface area contributed by atoms with Gasteiger partial charge < -0.3 is 19.5 Å². The number of hydrogen-bond donors (Lipinski definition) is 2.